The highest BCUT2D eigenvalue weighted by Gasteiger charge is 2.17. The maximum atomic E-state index is 11.4. The van der Waals surface area contributed by atoms with Crippen LogP contribution < -0.4 is 10.5 Å². The van der Waals surface area contributed by atoms with Crippen molar-refractivity contribution in [3.63, 3.8) is 0 Å². The average molecular weight is 392 g/mol. The molecule has 0 spiro atoms. The molecule has 0 radical (unpaired) electrons. The minimum atomic E-state index is -0.416. The van der Waals surface area contributed by atoms with E-state index in [1.165, 1.54) is 7.11 Å². The number of rotatable bonds is 9. The molecule has 150 valence electrons. The summed E-state index contributed by atoms with van der Waals surface area (Å²) in [5.74, 6) is 0.261. The lowest BCUT2D eigenvalue weighted by atomic mass is 10.1. The van der Waals surface area contributed by atoms with Crippen LogP contribution in [0.2, 0.25) is 0 Å². The fourth-order valence-electron chi connectivity index (χ4n) is 3.19. The second-order valence-corrected chi connectivity index (χ2v) is 6.78. The third kappa shape index (κ3) is 5.60. The summed E-state index contributed by atoms with van der Waals surface area (Å²) < 4.78 is 5.11. The summed E-state index contributed by atoms with van der Waals surface area (Å²) in [5, 5.41) is 11.4. The van der Waals surface area contributed by atoms with Gasteiger partial charge in [0.2, 0.25) is 0 Å². The molecule has 0 atom stereocenters. The van der Waals surface area contributed by atoms with Gasteiger partial charge in [0.05, 0.1) is 12.0 Å². The summed E-state index contributed by atoms with van der Waals surface area (Å²) in [6.07, 6.45) is 3.53. The number of nitrogens with zero attached hydrogens (tertiary/aromatic N) is 3. The van der Waals surface area contributed by atoms with E-state index >= 15 is 0 Å². The second-order valence-electron chi connectivity index (χ2n) is 6.78. The Balaban J connectivity index is 1.84. The molecule has 7 heteroatoms. The van der Waals surface area contributed by atoms with Gasteiger partial charge in [-0.3, -0.25) is 20.0 Å². The molecule has 0 saturated carbocycles. The zero-order valence-corrected chi connectivity index (χ0v) is 16.3. The van der Waals surface area contributed by atoms with E-state index in [4.69, 9.17) is 10.5 Å². The molecule has 0 amide bonds. The summed E-state index contributed by atoms with van der Waals surface area (Å²) in [7, 11) is 1.43. The van der Waals surface area contributed by atoms with Gasteiger partial charge in [-0.25, -0.2) is 0 Å². The molecule has 29 heavy (non-hydrogen) atoms. The van der Waals surface area contributed by atoms with Crippen LogP contribution in [-0.2, 0) is 26.2 Å². The number of nitrogens with two attached hydrogens (primary N) is 1. The predicted octanol–water partition coefficient (Wildman–Crippen LogP) is 3.66. The van der Waals surface area contributed by atoms with Gasteiger partial charge in [0.15, 0.2) is 5.75 Å². The summed E-state index contributed by atoms with van der Waals surface area (Å²) in [6, 6.07) is 17.2. The van der Waals surface area contributed by atoms with Crippen LogP contribution in [0.3, 0.4) is 0 Å². The van der Waals surface area contributed by atoms with Crippen LogP contribution in [-0.4, -0.2) is 21.9 Å². The van der Waals surface area contributed by atoms with Crippen molar-refractivity contribution in [3.05, 3.63) is 99.4 Å². The number of aromatic nitrogens is 1. The summed E-state index contributed by atoms with van der Waals surface area (Å²) in [6.45, 7) is 2.47. The molecule has 0 unspecified atom stereocenters. The number of benzene rings is 2. The zero-order chi connectivity index (χ0) is 20.6. The van der Waals surface area contributed by atoms with Crippen molar-refractivity contribution in [3.8, 4) is 5.75 Å². The van der Waals surface area contributed by atoms with E-state index in [1.807, 2.05) is 30.3 Å². The second kappa shape index (κ2) is 9.77. The summed E-state index contributed by atoms with van der Waals surface area (Å²) >= 11 is 0. The van der Waals surface area contributed by atoms with Gasteiger partial charge in [-0.2, -0.15) is 0 Å². The lowest BCUT2D eigenvalue weighted by Gasteiger charge is -2.23. The molecular weight excluding hydrogens is 368 g/mol. The minimum absolute atomic E-state index is 0.0267. The topological polar surface area (TPSA) is 94.5 Å². The standard InChI is InChI=1S/C22H24N4O3/c1-29-22-7-6-20(12-21(22)26(27)28)16-25(15-19-8-10-24-11-9-19)14-18-4-2-17(13-23)3-5-18/h2-12H,13-16,23H2,1H3. The van der Waals surface area contributed by atoms with Crippen molar-refractivity contribution >= 4 is 5.69 Å². The largest absolute Gasteiger partial charge is 0.490 e. The molecule has 7 nitrogen and oxygen atoms in total. The first kappa shape index (κ1) is 20.4. The molecule has 0 fully saturated rings. The fourth-order valence-corrected chi connectivity index (χ4v) is 3.19. The molecule has 3 rings (SSSR count). The van der Waals surface area contributed by atoms with E-state index < -0.39 is 4.92 Å². The quantitative estimate of drug-likeness (QED) is 0.441. The van der Waals surface area contributed by atoms with Crippen LogP contribution in [0.4, 0.5) is 5.69 Å². The van der Waals surface area contributed by atoms with Crippen LogP contribution in [0.5, 0.6) is 5.75 Å². The highest BCUT2D eigenvalue weighted by Crippen LogP contribution is 2.28. The monoisotopic (exact) mass is 392 g/mol. The van der Waals surface area contributed by atoms with Gasteiger partial charge in [0.1, 0.15) is 0 Å². The molecule has 3 aromatic rings. The normalized spacial score (nSPS) is 10.9. The molecule has 0 aliphatic rings. The number of nitro benzene ring substituents is 1. The van der Waals surface area contributed by atoms with Crippen molar-refractivity contribution in [1.29, 1.82) is 0 Å². The van der Waals surface area contributed by atoms with Gasteiger partial charge < -0.3 is 10.5 Å². The molecule has 0 bridgehead atoms. The lowest BCUT2D eigenvalue weighted by Crippen LogP contribution is -2.22. The molecule has 2 N–H and O–H groups in total. The Morgan fingerprint density at radius 1 is 0.931 bits per heavy atom. The number of hydrogen-bond donors (Lipinski definition) is 1. The minimum Gasteiger partial charge on any atom is -0.490 e. The Bertz CT molecular complexity index is 946. The van der Waals surface area contributed by atoms with E-state index in [9.17, 15) is 10.1 Å². The number of pyridine rings is 1. The van der Waals surface area contributed by atoms with Crippen molar-refractivity contribution in [2.24, 2.45) is 5.73 Å². The van der Waals surface area contributed by atoms with Crippen LogP contribution in [0.15, 0.2) is 67.0 Å². The number of ether oxygens (including phenoxy) is 1. The Morgan fingerprint density at radius 3 is 2.07 bits per heavy atom. The number of hydrogen-bond acceptors (Lipinski definition) is 6. The predicted molar refractivity (Wildman–Crippen MR) is 111 cm³/mol. The smallest absolute Gasteiger partial charge is 0.311 e. The SMILES string of the molecule is COc1ccc(CN(Cc2ccncc2)Cc2ccc(CN)cc2)cc1[N+](=O)[O-]. The summed E-state index contributed by atoms with van der Waals surface area (Å²) in [4.78, 5) is 17.2. The molecule has 0 aliphatic carbocycles. The van der Waals surface area contributed by atoms with E-state index in [0.29, 0.717) is 26.2 Å². The first-order chi connectivity index (χ1) is 14.1. The molecule has 1 aromatic heterocycles. The van der Waals surface area contributed by atoms with Gasteiger partial charge in [-0.15, -0.1) is 0 Å². The van der Waals surface area contributed by atoms with Gasteiger partial charge in [-0.1, -0.05) is 30.3 Å². The van der Waals surface area contributed by atoms with E-state index in [2.05, 4.69) is 22.0 Å². The number of methoxy groups -OCH3 is 1. The van der Waals surface area contributed by atoms with Gasteiger partial charge in [0.25, 0.3) is 0 Å². The van der Waals surface area contributed by atoms with Crippen LogP contribution in [0.1, 0.15) is 22.3 Å². The van der Waals surface area contributed by atoms with Crippen molar-refractivity contribution in [1.82, 2.24) is 9.88 Å². The van der Waals surface area contributed by atoms with Gasteiger partial charge in [-0.05, 0) is 40.5 Å². The van der Waals surface area contributed by atoms with Crippen molar-refractivity contribution < 1.29 is 9.66 Å². The Labute approximate surface area is 169 Å². The first-order valence-electron chi connectivity index (χ1n) is 9.29. The van der Waals surface area contributed by atoms with Crippen LogP contribution in [0, 0.1) is 10.1 Å². The van der Waals surface area contributed by atoms with Crippen LogP contribution >= 0.6 is 0 Å². The molecule has 0 aliphatic heterocycles. The first-order valence-corrected chi connectivity index (χ1v) is 9.29. The molecular formula is C22H24N4O3. The maximum Gasteiger partial charge on any atom is 0.311 e. The average Bonchev–Trinajstić information content (AvgIpc) is 2.75. The third-order valence-electron chi connectivity index (χ3n) is 4.67. The zero-order valence-electron chi connectivity index (χ0n) is 16.3. The molecule has 2 aromatic carbocycles. The van der Waals surface area contributed by atoms with Crippen molar-refractivity contribution in [2.75, 3.05) is 7.11 Å². The van der Waals surface area contributed by atoms with Gasteiger partial charge >= 0.3 is 5.69 Å². The summed E-state index contributed by atoms with van der Waals surface area (Å²) in [5.41, 5.74) is 9.87. The molecule has 1 heterocycles. The Hall–Kier alpha value is -3.29. The highest BCUT2D eigenvalue weighted by molar-refractivity contribution is 5.48. The maximum absolute atomic E-state index is 11.4. The molecule has 0 saturated heterocycles. The van der Waals surface area contributed by atoms with E-state index in [1.54, 1.807) is 24.5 Å². The number of nitro groups is 1. The van der Waals surface area contributed by atoms with E-state index in [0.717, 1.165) is 22.3 Å². The Morgan fingerprint density at radius 2 is 1.48 bits per heavy atom. The fraction of sp³-hybridized carbons (Fsp3) is 0.227. The highest BCUT2D eigenvalue weighted by atomic mass is 16.6. The third-order valence-corrected chi connectivity index (χ3v) is 4.67. The van der Waals surface area contributed by atoms with Gasteiger partial charge in [0, 0.05) is 44.6 Å². The van der Waals surface area contributed by atoms with Crippen LogP contribution in [0.25, 0.3) is 0 Å². The van der Waals surface area contributed by atoms with E-state index in [-0.39, 0.29) is 11.4 Å². The van der Waals surface area contributed by atoms with Crippen molar-refractivity contribution in [2.45, 2.75) is 26.2 Å². The lowest BCUT2D eigenvalue weighted by molar-refractivity contribution is -0.385. The Kier molecular flexibility index (Phi) is 6.89.